The van der Waals surface area contributed by atoms with Crippen LogP contribution in [0.1, 0.15) is 5.56 Å². The zero-order valence-electron chi connectivity index (χ0n) is 10.0. The van der Waals surface area contributed by atoms with Crippen molar-refractivity contribution in [2.75, 3.05) is 20.3 Å². The summed E-state index contributed by atoms with van der Waals surface area (Å²) in [7, 11) is 2.00. The predicted octanol–water partition coefficient (Wildman–Crippen LogP) is 1.98. The Labute approximate surface area is 102 Å². The Morgan fingerprint density at radius 3 is 3.12 bits per heavy atom. The van der Waals surface area contributed by atoms with E-state index in [1.807, 2.05) is 25.4 Å². The van der Waals surface area contributed by atoms with Crippen LogP contribution in [-0.2, 0) is 6.54 Å². The van der Waals surface area contributed by atoms with Crippen LogP contribution in [0.25, 0.3) is 0 Å². The average Bonchev–Trinajstić information content (AvgIpc) is 2.65. The number of allylic oxidation sites excluding steroid dienone is 1. The van der Waals surface area contributed by atoms with Gasteiger partial charge in [0.1, 0.15) is 25.5 Å². The largest absolute Gasteiger partial charge is 0.458 e. The summed E-state index contributed by atoms with van der Waals surface area (Å²) >= 11 is 0. The lowest BCUT2D eigenvalue weighted by molar-refractivity contribution is -0.895. The number of nitrogens with one attached hydrogen (secondary N) is 1. The van der Waals surface area contributed by atoms with E-state index in [0.29, 0.717) is 0 Å². The number of nitrogens with zero attached hydrogens (tertiary/aromatic N) is 1. The van der Waals surface area contributed by atoms with Crippen molar-refractivity contribution in [3.8, 4) is 5.75 Å². The van der Waals surface area contributed by atoms with Crippen molar-refractivity contribution in [3.63, 3.8) is 0 Å². The van der Waals surface area contributed by atoms with Crippen LogP contribution in [-0.4, -0.2) is 24.7 Å². The summed E-state index contributed by atoms with van der Waals surface area (Å²) in [5, 5.41) is 3.29. The second kappa shape index (κ2) is 4.02. The first-order valence-corrected chi connectivity index (χ1v) is 5.97. The van der Waals surface area contributed by atoms with Gasteiger partial charge in [-0.2, -0.15) is 0 Å². The van der Waals surface area contributed by atoms with Gasteiger partial charge in [-0.05, 0) is 25.3 Å². The number of hydrogen-bond donors (Lipinski definition) is 1. The summed E-state index contributed by atoms with van der Waals surface area (Å²) in [5.41, 5.74) is 2.52. The monoisotopic (exact) mass is 229 g/mol. The maximum Gasteiger partial charge on any atom is 0.169 e. The molecule has 0 radical (unpaired) electrons. The van der Waals surface area contributed by atoms with E-state index in [1.165, 1.54) is 11.3 Å². The van der Waals surface area contributed by atoms with E-state index in [1.54, 1.807) is 0 Å². The van der Waals surface area contributed by atoms with Gasteiger partial charge in [0.25, 0.3) is 0 Å². The molecule has 1 N–H and O–H groups in total. The van der Waals surface area contributed by atoms with Crippen LogP contribution in [0.3, 0.4) is 0 Å². The van der Waals surface area contributed by atoms with E-state index in [2.05, 4.69) is 29.6 Å². The van der Waals surface area contributed by atoms with E-state index in [4.69, 9.17) is 4.74 Å². The number of rotatable bonds is 2. The molecule has 88 valence electrons. The lowest BCUT2D eigenvalue weighted by atomic mass is 10.1. The van der Waals surface area contributed by atoms with Crippen molar-refractivity contribution in [3.05, 3.63) is 53.9 Å². The van der Waals surface area contributed by atoms with Gasteiger partial charge < -0.3 is 4.74 Å². The lowest BCUT2D eigenvalue weighted by Crippen LogP contribution is -2.48. The molecule has 3 heteroatoms. The van der Waals surface area contributed by atoms with E-state index < -0.39 is 0 Å². The van der Waals surface area contributed by atoms with Crippen LogP contribution in [0, 0.1) is 0 Å². The first-order valence-electron chi connectivity index (χ1n) is 5.97. The molecule has 2 aliphatic heterocycles. The molecule has 1 aromatic rings. The molecule has 0 bridgehead atoms. The average molecular weight is 229 g/mol. The summed E-state index contributed by atoms with van der Waals surface area (Å²) < 4.78 is 6.69. The quantitative estimate of drug-likeness (QED) is 0.783. The second-order valence-corrected chi connectivity index (χ2v) is 4.67. The molecule has 0 spiro atoms. The van der Waals surface area contributed by atoms with Gasteiger partial charge in [0, 0.05) is 11.6 Å². The summed E-state index contributed by atoms with van der Waals surface area (Å²) in [6.45, 7) is 2.94. The smallest absolute Gasteiger partial charge is 0.169 e. The minimum absolute atomic E-state index is 0.910. The summed E-state index contributed by atoms with van der Waals surface area (Å²) in [4.78, 5) is 0. The van der Waals surface area contributed by atoms with Gasteiger partial charge in [0.15, 0.2) is 12.0 Å². The van der Waals surface area contributed by atoms with E-state index in [9.17, 15) is 0 Å². The van der Waals surface area contributed by atoms with Crippen molar-refractivity contribution < 1.29 is 9.22 Å². The molecule has 0 aliphatic carbocycles. The maximum absolute atomic E-state index is 5.78. The molecule has 1 atom stereocenters. The van der Waals surface area contributed by atoms with Crippen LogP contribution in [0.2, 0.25) is 0 Å². The first-order chi connectivity index (χ1) is 8.34. The summed E-state index contributed by atoms with van der Waals surface area (Å²) in [5.74, 6) is 0.983. The van der Waals surface area contributed by atoms with Gasteiger partial charge in [-0.15, -0.1) is 0 Å². The number of hydrogen-bond acceptors (Lipinski definition) is 2. The summed E-state index contributed by atoms with van der Waals surface area (Å²) in [6, 6.07) is 8.28. The van der Waals surface area contributed by atoms with E-state index >= 15 is 0 Å². The maximum atomic E-state index is 5.78. The molecule has 1 aromatic carbocycles. The molecule has 0 saturated heterocycles. The van der Waals surface area contributed by atoms with E-state index in [0.717, 1.165) is 30.0 Å². The fourth-order valence-electron chi connectivity index (χ4n) is 2.66. The highest BCUT2D eigenvalue weighted by atomic mass is 16.5. The third kappa shape index (κ3) is 1.68. The molecule has 0 aromatic heterocycles. The molecule has 2 heterocycles. The molecular formula is C14H17N2O+. The van der Waals surface area contributed by atoms with Crippen LogP contribution in [0.15, 0.2) is 48.4 Å². The Hall–Kier alpha value is -1.58. The van der Waals surface area contributed by atoms with Crippen LogP contribution < -0.4 is 10.1 Å². The zero-order chi connectivity index (χ0) is 11.7. The van der Waals surface area contributed by atoms with Gasteiger partial charge in [0.2, 0.25) is 0 Å². The van der Waals surface area contributed by atoms with Crippen molar-refractivity contribution in [2.24, 2.45) is 0 Å². The molecule has 0 saturated carbocycles. The highest BCUT2D eigenvalue weighted by Gasteiger charge is 2.36. The Bertz CT molecular complexity index is 493. The van der Waals surface area contributed by atoms with Gasteiger partial charge >= 0.3 is 0 Å². The highest BCUT2D eigenvalue weighted by molar-refractivity contribution is 5.35. The standard InChI is InChI=1S/C14H17N2O/c1-15-11-16-8-4-6-13(16)10-17-14-7-3-2-5-12(14)9-16/h2-7,10,15H,8-9,11H2,1H3/q+1. The SMILES string of the molecule is CNC[N+]12CC=CC1=COc1ccccc1C2. The molecule has 0 fully saturated rings. The summed E-state index contributed by atoms with van der Waals surface area (Å²) in [6.07, 6.45) is 6.29. The van der Waals surface area contributed by atoms with Gasteiger partial charge in [-0.3, -0.25) is 9.80 Å². The van der Waals surface area contributed by atoms with Gasteiger partial charge in [-0.25, -0.2) is 0 Å². The minimum atomic E-state index is 0.910. The van der Waals surface area contributed by atoms with Crippen LogP contribution in [0.4, 0.5) is 0 Å². The normalized spacial score (nSPS) is 25.6. The van der Waals surface area contributed by atoms with Crippen molar-refractivity contribution in [2.45, 2.75) is 6.54 Å². The topological polar surface area (TPSA) is 21.3 Å². The van der Waals surface area contributed by atoms with Crippen LogP contribution in [0.5, 0.6) is 5.75 Å². The Balaban J connectivity index is 2.04. The molecule has 2 aliphatic rings. The fourth-order valence-corrected chi connectivity index (χ4v) is 2.66. The van der Waals surface area contributed by atoms with Crippen LogP contribution >= 0.6 is 0 Å². The molecule has 3 nitrogen and oxygen atoms in total. The zero-order valence-corrected chi connectivity index (χ0v) is 10.0. The Kier molecular flexibility index (Phi) is 2.50. The fraction of sp³-hybridized carbons (Fsp3) is 0.286. The molecule has 1 unspecified atom stereocenters. The van der Waals surface area contributed by atoms with Crippen molar-refractivity contribution in [1.82, 2.24) is 5.32 Å². The number of ether oxygens (including phenoxy) is 1. The minimum Gasteiger partial charge on any atom is -0.458 e. The molecule has 17 heavy (non-hydrogen) atoms. The third-order valence-electron chi connectivity index (χ3n) is 3.50. The molecular weight excluding hydrogens is 212 g/mol. The first kappa shape index (κ1) is 10.6. The third-order valence-corrected chi connectivity index (χ3v) is 3.50. The van der Waals surface area contributed by atoms with E-state index in [-0.39, 0.29) is 0 Å². The predicted molar refractivity (Wildman–Crippen MR) is 67.1 cm³/mol. The number of fused-ring (bicyclic) bond motifs is 2. The van der Waals surface area contributed by atoms with Gasteiger partial charge in [0.05, 0.1) is 0 Å². The second-order valence-electron chi connectivity index (χ2n) is 4.67. The number of para-hydroxylation sites is 1. The Morgan fingerprint density at radius 1 is 1.35 bits per heavy atom. The number of quaternary nitrogens is 1. The Morgan fingerprint density at radius 2 is 2.24 bits per heavy atom. The lowest BCUT2D eigenvalue weighted by Gasteiger charge is -2.33. The van der Waals surface area contributed by atoms with Crippen molar-refractivity contribution in [1.29, 1.82) is 0 Å². The van der Waals surface area contributed by atoms with Crippen molar-refractivity contribution >= 4 is 0 Å². The number of benzene rings is 1. The molecule has 0 amide bonds. The highest BCUT2D eigenvalue weighted by Crippen LogP contribution is 2.34. The molecule has 3 rings (SSSR count). The van der Waals surface area contributed by atoms with Gasteiger partial charge in [-0.1, -0.05) is 12.1 Å².